The molecule has 3 nitrogen and oxygen atoms in total. The van der Waals surface area contributed by atoms with Crippen molar-refractivity contribution in [2.75, 3.05) is 12.4 Å². The molecule has 1 aliphatic carbocycles. The van der Waals surface area contributed by atoms with Gasteiger partial charge >= 0.3 is 5.97 Å². The topological polar surface area (TPSA) is 38.3 Å². The van der Waals surface area contributed by atoms with Crippen LogP contribution in [0.25, 0.3) is 0 Å². The van der Waals surface area contributed by atoms with Crippen LogP contribution < -0.4 is 5.32 Å². The van der Waals surface area contributed by atoms with E-state index in [0.29, 0.717) is 11.6 Å². The van der Waals surface area contributed by atoms with Crippen LogP contribution >= 0.6 is 0 Å². The number of methoxy groups -OCH3 is 1. The number of hydrogen-bond donors (Lipinski definition) is 1. The molecule has 1 saturated carbocycles. The first kappa shape index (κ1) is 14.9. The molecule has 110 valence electrons. The first-order valence-electron chi connectivity index (χ1n) is 7.59. The van der Waals surface area contributed by atoms with E-state index < -0.39 is 0 Å². The average molecular weight is 275 g/mol. The van der Waals surface area contributed by atoms with Crippen molar-refractivity contribution in [3.63, 3.8) is 0 Å². The second-order valence-corrected chi connectivity index (χ2v) is 5.80. The van der Waals surface area contributed by atoms with Crippen LogP contribution in [0.4, 0.5) is 5.69 Å². The lowest BCUT2D eigenvalue weighted by Gasteiger charge is -2.30. The molecule has 1 aliphatic rings. The third-order valence-electron chi connectivity index (χ3n) is 4.38. The number of aryl methyl sites for hydroxylation is 1. The molecule has 0 heterocycles. The quantitative estimate of drug-likeness (QED) is 0.838. The number of nitrogens with one attached hydrogen (secondary N) is 1. The normalized spacial score (nSPS) is 22.4. The molecular formula is C17H25NO2. The molecule has 20 heavy (non-hydrogen) atoms. The summed E-state index contributed by atoms with van der Waals surface area (Å²) in [4.78, 5) is 11.6. The lowest BCUT2D eigenvalue weighted by Crippen LogP contribution is -2.27. The Morgan fingerprint density at radius 1 is 1.40 bits per heavy atom. The van der Waals surface area contributed by atoms with Gasteiger partial charge in [0.25, 0.3) is 0 Å². The van der Waals surface area contributed by atoms with E-state index >= 15 is 0 Å². The van der Waals surface area contributed by atoms with Crippen LogP contribution in [0.3, 0.4) is 0 Å². The van der Waals surface area contributed by atoms with Gasteiger partial charge in [0.2, 0.25) is 0 Å². The smallest absolute Gasteiger partial charge is 0.337 e. The summed E-state index contributed by atoms with van der Waals surface area (Å²) < 4.78 is 4.79. The molecule has 1 aromatic carbocycles. The van der Waals surface area contributed by atoms with Crippen LogP contribution in [0.2, 0.25) is 0 Å². The maximum absolute atomic E-state index is 11.6. The van der Waals surface area contributed by atoms with Crippen molar-refractivity contribution in [1.29, 1.82) is 0 Å². The first-order valence-corrected chi connectivity index (χ1v) is 7.59. The Balaban J connectivity index is 2.10. The van der Waals surface area contributed by atoms with Crippen LogP contribution in [0.5, 0.6) is 0 Å². The third-order valence-corrected chi connectivity index (χ3v) is 4.38. The molecule has 0 spiro atoms. The molecule has 0 aliphatic heterocycles. The Labute approximate surface area is 121 Å². The molecule has 0 saturated heterocycles. The van der Waals surface area contributed by atoms with Crippen LogP contribution in [0, 0.1) is 12.8 Å². The highest BCUT2D eigenvalue weighted by Gasteiger charge is 2.21. The summed E-state index contributed by atoms with van der Waals surface area (Å²) in [7, 11) is 1.42. The molecule has 1 aromatic rings. The Morgan fingerprint density at radius 3 is 2.90 bits per heavy atom. The van der Waals surface area contributed by atoms with Gasteiger partial charge in [-0.3, -0.25) is 0 Å². The fraction of sp³-hybridized carbons (Fsp3) is 0.588. The molecule has 2 unspecified atom stereocenters. The van der Waals surface area contributed by atoms with Gasteiger partial charge in [-0.25, -0.2) is 4.79 Å². The van der Waals surface area contributed by atoms with Gasteiger partial charge in [0.05, 0.1) is 12.7 Å². The summed E-state index contributed by atoms with van der Waals surface area (Å²) in [6.45, 7) is 4.35. The maximum Gasteiger partial charge on any atom is 0.337 e. The highest BCUT2D eigenvalue weighted by Crippen LogP contribution is 2.29. The zero-order chi connectivity index (χ0) is 14.5. The molecule has 3 heteroatoms. The summed E-state index contributed by atoms with van der Waals surface area (Å²) in [5.41, 5.74) is 2.86. The number of anilines is 1. The van der Waals surface area contributed by atoms with Gasteiger partial charge in [-0.2, -0.15) is 0 Å². The van der Waals surface area contributed by atoms with Crippen molar-refractivity contribution in [1.82, 2.24) is 0 Å². The number of ether oxygens (including phenoxy) is 1. The summed E-state index contributed by atoms with van der Waals surface area (Å²) in [6, 6.07) is 6.24. The number of benzene rings is 1. The molecule has 2 rings (SSSR count). The van der Waals surface area contributed by atoms with Crippen molar-refractivity contribution in [3.05, 3.63) is 29.3 Å². The van der Waals surface area contributed by atoms with E-state index in [9.17, 15) is 4.79 Å². The zero-order valence-corrected chi connectivity index (χ0v) is 12.7. The van der Waals surface area contributed by atoms with E-state index in [1.807, 2.05) is 18.2 Å². The van der Waals surface area contributed by atoms with Gasteiger partial charge < -0.3 is 10.1 Å². The molecule has 1 fully saturated rings. The number of hydrogen-bond acceptors (Lipinski definition) is 3. The van der Waals surface area contributed by atoms with Crippen LogP contribution in [0.15, 0.2) is 18.2 Å². The number of carbonyl (C=O) groups is 1. The lowest BCUT2D eigenvalue weighted by atomic mass is 9.84. The van der Waals surface area contributed by atoms with E-state index in [-0.39, 0.29) is 5.97 Å². The van der Waals surface area contributed by atoms with Crippen LogP contribution in [-0.4, -0.2) is 19.1 Å². The zero-order valence-electron chi connectivity index (χ0n) is 12.7. The minimum absolute atomic E-state index is 0.275. The van der Waals surface area contributed by atoms with Crippen LogP contribution in [-0.2, 0) is 4.74 Å². The van der Waals surface area contributed by atoms with Gasteiger partial charge in [-0.05, 0) is 43.4 Å². The average Bonchev–Trinajstić information content (AvgIpc) is 2.49. The molecule has 2 atom stereocenters. The predicted octanol–water partition coefficient (Wildman–Crippen LogP) is 4.16. The Hall–Kier alpha value is -1.51. The second kappa shape index (κ2) is 6.78. The minimum atomic E-state index is -0.275. The molecule has 0 aromatic heterocycles. The van der Waals surface area contributed by atoms with Gasteiger partial charge in [0.1, 0.15) is 0 Å². The first-order chi connectivity index (χ1) is 9.63. The Kier molecular flexibility index (Phi) is 5.05. The summed E-state index contributed by atoms with van der Waals surface area (Å²) in [5, 5.41) is 3.63. The van der Waals surface area contributed by atoms with Crippen molar-refractivity contribution < 1.29 is 9.53 Å². The predicted molar refractivity (Wildman–Crippen MR) is 82.2 cm³/mol. The van der Waals surface area contributed by atoms with Crippen molar-refractivity contribution in [3.8, 4) is 0 Å². The monoisotopic (exact) mass is 275 g/mol. The second-order valence-electron chi connectivity index (χ2n) is 5.80. The van der Waals surface area contributed by atoms with E-state index in [4.69, 9.17) is 4.74 Å². The minimum Gasteiger partial charge on any atom is -0.465 e. The molecule has 0 bridgehead atoms. The van der Waals surface area contributed by atoms with Gasteiger partial charge in [0.15, 0.2) is 0 Å². The molecule has 1 N–H and O–H groups in total. The van der Waals surface area contributed by atoms with E-state index in [0.717, 1.165) is 11.6 Å². The van der Waals surface area contributed by atoms with Gasteiger partial charge in [-0.15, -0.1) is 0 Å². The van der Waals surface area contributed by atoms with Crippen molar-refractivity contribution in [2.24, 2.45) is 5.92 Å². The Morgan fingerprint density at radius 2 is 2.20 bits per heavy atom. The summed E-state index contributed by atoms with van der Waals surface area (Å²) >= 11 is 0. The van der Waals surface area contributed by atoms with E-state index in [1.165, 1.54) is 44.8 Å². The van der Waals surface area contributed by atoms with Gasteiger partial charge in [-0.1, -0.05) is 32.3 Å². The highest BCUT2D eigenvalue weighted by molar-refractivity contribution is 5.90. The number of carbonyl (C=O) groups excluding carboxylic acids is 1. The van der Waals surface area contributed by atoms with Crippen molar-refractivity contribution >= 4 is 11.7 Å². The fourth-order valence-corrected chi connectivity index (χ4v) is 3.04. The Bertz CT molecular complexity index is 470. The molecular weight excluding hydrogens is 250 g/mol. The molecule has 0 radical (unpaired) electrons. The van der Waals surface area contributed by atoms with E-state index in [1.54, 1.807) is 0 Å². The molecule has 0 amide bonds. The number of esters is 1. The highest BCUT2D eigenvalue weighted by atomic mass is 16.5. The lowest BCUT2D eigenvalue weighted by molar-refractivity contribution is 0.0601. The van der Waals surface area contributed by atoms with Gasteiger partial charge in [0, 0.05) is 11.7 Å². The van der Waals surface area contributed by atoms with E-state index in [2.05, 4.69) is 19.2 Å². The SMILES string of the molecule is CCC1CCCC(Nc2cc(C(=O)OC)ccc2C)C1. The maximum atomic E-state index is 11.6. The van der Waals surface area contributed by atoms with Crippen molar-refractivity contribution in [2.45, 2.75) is 52.0 Å². The fourth-order valence-electron chi connectivity index (χ4n) is 3.04. The largest absolute Gasteiger partial charge is 0.465 e. The van der Waals surface area contributed by atoms with Crippen LogP contribution in [0.1, 0.15) is 54.9 Å². The summed E-state index contributed by atoms with van der Waals surface area (Å²) in [5.74, 6) is 0.563. The third kappa shape index (κ3) is 3.53. The summed E-state index contributed by atoms with van der Waals surface area (Å²) in [6.07, 6.45) is 6.37. The number of rotatable bonds is 4. The standard InChI is InChI=1S/C17H25NO2/c1-4-13-6-5-7-15(10-13)18-16-11-14(17(19)20-3)9-8-12(16)2/h8-9,11,13,15,18H,4-7,10H2,1-3H3.